The molecule has 5 heteroatoms. The van der Waals surface area contributed by atoms with Crippen LogP contribution in [0.25, 0.3) is 0 Å². The molecule has 0 unspecified atom stereocenters. The first-order valence-electron chi connectivity index (χ1n) is 9.58. The Morgan fingerprint density at radius 1 is 1.14 bits per heavy atom. The summed E-state index contributed by atoms with van der Waals surface area (Å²) >= 11 is 0. The molecule has 2 aromatic rings. The highest BCUT2D eigenvalue weighted by Gasteiger charge is 2.19. The van der Waals surface area contributed by atoms with Crippen molar-refractivity contribution in [3.8, 4) is 17.6 Å². The number of para-hydroxylation sites is 1. The zero-order valence-corrected chi connectivity index (χ0v) is 16.0. The first-order valence-corrected chi connectivity index (χ1v) is 9.58. The van der Waals surface area contributed by atoms with E-state index in [-0.39, 0.29) is 18.4 Å². The van der Waals surface area contributed by atoms with Crippen LogP contribution in [-0.4, -0.2) is 31.5 Å². The van der Waals surface area contributed by atoms with Gasteiger partial charge >= 0.3 is 0 Å². The summed E-state index contributed by atoms with van der Waals surface area (Å²) in [6.07, 6.45) is 2.63. The number of rotatable bonds is 5. The van der Waals surface area contributed by atoms with Crippen LogP contribution in [0, 0.1) is 11.8 Å². The number of carbonyl (C=O) groups is 2. The van der Waals surface area contributed by atoms with Crippen molar-refractivity contribution < 1.29 is 14.3 Å². The number of piperidine rings is 1. The van der Waals surface area contributed by atoms with Crippen LogP contribution >= 0.6 is 0 Å². The molecule has 0 aromatic heterocycles. The van der Waals surface area contributed by atoms with Crippen LogP contribution in [-0.2, 0) is 4.79 Å². The smallest absolute Gasteiger partial charge is 0.255 e. The Morgan fingerprint density at radius 3 is 2.68 bits per heavy atom. The number of anilines is 1. The number of benzene rings is 2. The molecule has 0 bridgehead atoms. The molecule has 0 saturated carbocycles. The summed E-state index contributed by atoms with van der Waals surface area (Å²) in [5.74, 6) is 6.53. The molecule has 2 aromatic carbocycles. The van der Waals surface area contributed by atoms with Gasteiger partial charge in [0.25, 0.3) is 5.91 Å². The predicted molar refractivity (Wildman–Crippen MR) is 109 cm³/mol. The Kier molecular flexibility index (Phi) is 6.69. The Bertz CT molecular complexity index is 894. The number of hydrogen-bond donors (Lipinski definition) is 1. The lowest BCUT2D eigenvalue weighted by atomic mass is 10.1. The average Bonchev–Trinajstić information content (AvgIpc) is 2.73. The van der Waals surface area contributed by atoms with Crippen molar-refractivity contribution in [3.63, 3.8) is 0 Å². The second-order valence-electron chi connectivity index (χ2n) is 6.46. The molecule has 2 amide bonds. The Labute approximate surface area is 165 Å². The van der Waals surface area contributed by atoms with Gasteiger partial charge in [-0.25, -0.2) is 0 Å². The molecule has 1 fully saturated rings. The molecule has 1 heterocycles. The highest BCUT2D eigenvalue weighted by atomic mass is 16.5. The average molecular weight is 376 g/mol. The van der Waals surface area contributed by atoms with Crippen molar-refractivity contribution in [2.24, 2.45) is 0 Å². The van der Waals surface area contributed by atoms with Gasteiger partial charge in [0.15, 0.2) is 0 Å². The Balaban J connectivity index is 1.56. The maximum Gasteiger partial charge on any atom is 0.255 e. The maximum atomic E-state index is 12.3. The van der Waals surface area contributed by atoms with Crippen LogP contribution in [0.1, 0.15) is 42.1 Å². The van der Waals surface area contributed by atoms with Gasteiger partial charge in [0, 0.05) is 24.2 Å². The van der Waals surface area contributed by atoms with Gasteiger partial charge in [-0.3, -0.25) is 9.59 Å². The summed E-state index contributed by atoms with van der Waals surface area (Å²) in [4.78, 5) is 26.1. The molecule has 0 radical (unpaired) electrons. The van der Waals surface area contributed by atoms with Crippen molar-refractivity contribution in [1.29, 1.82) is 0 Å². The molecule has 28 heavy (non-hydrogen) atoms. The third kappa shape index (κ3) is 4.92. The van der Waals surface area contributed by atoms with Gasteiger partial charge in [-0.1, -0.05) is 24.0 Å². The highest BCUT2D eigenvalue weighted by Crippen LogP contribution is 2.21. The van der Waals surface area contributed by atoms with E-state index in [0.29, 0.717) is 24.3 Å². The van der Waals surface area contributed by atoms with Crippen molar-refractivity contribution in [2.75, 3.05) is 24.6 Å². The van der Waals surface area contributed by atoms with Gasteiger partial charge in [0.05, 0.1) is 18.7 Å². The van der Waals surface area contributed by atoms with Crippen molar-refractivity contribution in [3.05, 3.63) is 59.7 Å². The molecule has 1 N–H and O–H groups in total. The van der Waals surface area contributed by atoms with Crippen LogP contribution in [0.2, 0.25) is 0 Å². The van der Waals surface area contributed by atoms with E-state index in [0.717, 1.165) is 30.6 Å². The molecule has 3 rings (SSSR count). The number of nitrogens with zero attached hydrogens (tertiary/aromatic N) is 1. The van der Waals surface area contributed by atoms with Crippen LogP contribution in [0.5, 0.6) is 5.75 Å². The Hall–Kier alpha value is -3.26. The first kappa shape index (κ1) is 19.5. The van der Waals surface area contributed by atoms with Gasteiger partial charge in [-0.05, 0) is 56.2 Å². The van der Waals surface area contributed by atoms with E-state index in [1.165, 1.54) is 0 Å². The van der Waals surface area contributed by atoms with E-state index in [4.69, 9.17) is 4.74 Å². The largest absolute Gasteiger partial charge is 0.493 e. The van der Waals surface area contributed by atoms with Crippen LogP contribution in [0.15, 0.2) is 48.5 Å². The maximum absolute atomic E-state index is 12.3. The molecular weight excluding hydrogens is 352 g/mol. The van der Waals surface area contributed by atoms with E-state index in [9.17, 15) is 9.59 Å². The topological polar surface area (TPSA) is 58.6 Å². The molecule has 0 spiro atoms. The Morgan fingerprint density at radius 2 is 1.93 bits per heavy atom. The van der Waals surface area contributed by atoms with Crippen molar-refractivity contribution >= 4 is 17.5 Å². The van der Waals surface area contributed by atoms with Gasteiger partial charge in [-0.2, -0.15) is 0 Å². The number of hydrogen-bond acceptors (Lipinski definition) is 3. The number of carbonyl (C=O) groups excluding carboxylic acids is 2. The SMILES string of the molecule is CCOc1ccccc1C(=O)NCC#Cc1ccc(N2CCCCC2=O)cc1. The third-order valence-corrected chi connectivity index (χ3v) is 4.50. The molecule has 1 aliphatic heterocycles. The molecule has 5 nitrogen and oxygen atoms in total. The lowest BCUT2D eigenvalue weighted by molar-refractivity contribution is -0.119. The summed E-state index contributed by atoms with van der Waals surface area (Å²) in [5.41, 5.74) is 2.26. The van der Waals surface area contributed by atoms with Crippen molar-refractivity contribution in [1.82, 2.24) is 5.32 Å². The van der Waals surface area contributed by atoms with E-state index >= 15 is 0 Å². The zero-order valence-electron chi connectivity index (χ0n) is 16.0. The highest BCUT2D eigenvalue weighted by molar-refractivity contribution is 5.97. The first-order chi connectivity index (χ1) is 13.7. The fraction of sp³-hybridized carbons (Fsp3) is 0.304. The molecule has 1 aliphatic rings. The molecule has 0 aliphatic carbocycles. The second kappa shape index (κ2) is 9.61. The fourth-order valence-corrected chi connectivity index (χ4v) is 3.11. The number of ether oxygens (including phenoxy) is 1. The van der Waals surface area contributed by atoms with Gasteiger partial charge in [0.2, 0.25) is 5.91 Å². The van der Waals surface area contributed by atoms with E-state index < -0.39 is 0 Å². The van der Waals surface area contributed by atoms with E-state index in [1.54, 1.807) is 18.2 Å². The van der Waals surface area contributed by atoms with Crippen LogP contribution < -0.4 is 15.0 Å². The number of nitrogens with one attached hydrogen (secondary N) is 1. The minimum atomic E-state index is -0.211. The molecule has 144 valence electrons. The summed E-state index contributed by atoms with van der Waals surface area (Å²) in [7, 11) is 0. The summed E-state index contributed by atoms with van der Waals surface area (Å²) in [6, 6.07) is 14.8. The van der Waals surface area contributed by atoms with Gasteiger partial charge in [-0.15, -0.1) is 0 Å². The van der Waals surface area contributed by atoms with Crippen LogP contribution in [0.4, 0.5) is 5.69 Å². The summed E-state index contributed by atoms with van der Waals surface area (Å²) in [5, 5.41) is 2.79. The number of amides is 2. The lowest BCUT2D eigenvalue weighted by Gasteiger charge is -2.26. The lowest BCUT2D eigenvalue weighted by Crippen LogP contribution is -2.35. The third-order valence-electron chi connectivity index (χ3n) is 4.50. The predicted octanol–water partition coefficient (Wildman–Crippen LogP) is 3.38. The van der Waals surface area contributed by atoms with Gasteiger partial charge < -0.3 is 15.0 Å². The summed E-state index contributed by atoms with van der Waals surface area (Å²) < 4.78 is 5.48. The summed E-state index contributed by atoms with van der Waals surface area (Å²) in [6.45, 7) is 3.40. The zero-order chi connectivity index (χ0) is 19.8. The van der Waals surface area contributed by atoms with E-state index in [2.05, 4.69) is 17.2 Å². The molecule has 1 saturated heterocycles. The fourth-order valence-electron chi connectivity index (χ4n) is 3.11. The monoisotopic (exact) mass is 376 g/mol. The van der Waals surface area contributed by atoms with Gasteiger partial charge in [0.1, 0.15) is 5.75 Å². The van der Waals surface area contributed by atoms with Crippen LogP contribution in [0.3, 0.4) is 0 Å². The minimum Gasteiger partial charge on any atom is -0.493 e. The van der Waals surface area contributed by atoms with Crippen molar-refractivity contribution in [2.45, 2.75) is 26.2 Å². The molecular formula is C23H24N2O3. The standard InChI is InChI=1S/C23H24N2O3/c1-2-28-21-10-4-3-9-20(21)23(27)24-16-7-8-18-12-14-19(15-13-18)25-17-6-5-11-22(25)26/h3-4,9-10,12-15H,2,5-6,11,16-17H2,1H3,(H,24,27). The van der Waals surface area contributed by atoms with E-state index in [1.807, 2.05) is 42.2 Å². The second-order valence-corrected chi connectivity index (χ2v) is 6.46. The normalized spacial score (nSPS) is 13.5. The quantitative estimate of drug-likeness (QED) is 0.814. The molecule has 0 atom stereocenters. The minimum absolute atomic E-state index is 0.181.